The third kappa shape index (κ3) is 3.46. The van der Waals surface area contributed by atoms with E-state index in [9.17, 15) is 0 Å². The van der Waals surface area contributed by atoms with Gasteiger partial charge in [0, 0.05) is 25.2 Å². The summed E-state index contributed by atoms with van der Waals surface area (Å²) in [5.41, 5.74) is 5.87. The number of rotatable bonds is 5. The van der Waals surface area contributed by atoms with Crippen LogP contribution in [0.25, 0.3) is 0 Å². The van der Waals surface area contributed by atoms with E-state index in [4.69, 9.17) is 5.73 Å². The highest BCUT2D eigenvalue weighted by atomic mass is 15.2. The monoisotopic (exact) mass is 212 g/mol. The average Bonchev–Trinajstić information content (AvgIpc) is 2.27. The minimum atomic E-state index is 0.648. The first-order valence-electron chi connectivity index (χ1n) is 6.68. The minimum Gasteiger partial charge on any atom is -0.329 e. The quantitative estimate of drug-likeness (QED) is 0.759. The maximum absolute atomic E-state index is 5.87. The fourth-order valence-electron chi connectivity index (χ4n) is 2.77. The Bertz CT molecular complexity index is 166. The van der Waals surface area contributed by atoms with Crippen molar-refractivity contribution in [3.8, 4) is 0 Å². The second kappa shape index (κ2) is 6.49. The predicted octanol–water partition coefficient (Wildman–Crippen LogP) is 2.62. The molecule has 1 saturated heterocycles. The molecule has 1 aliphatic heterocycles. The second-order valence-corrected chi connectivity index (χ2v) is 5.05. The van der Waals surface area contributed by atoms with Crippen molar-refractivity contribution >= 4 is 0 Å². The SMILES string of the molecule is CCC(CC)CN1C(C)CCCC1CN. The van der Waals surface area contributed by atoms with Crippen LogP contribution in [0.5, 0.6) is 0 Å². The van der Waals surface area contributed by atoms with Crippen LogP contribution in [-0.4, -0.2) is 30.1 Å². The van der Waals surface area contributed by atoms with Crippen LogP contribution < -0.4 is 5.73 Å². The highest BCUT2D eigenvalue weighted by Gasteiger charge is 2.27. The first kappa shape index (κ1) is 13.0. The van der Waals surface area contributed by atoms with E-state index in [1.54, 1.807) is 0 Å². The summed E-state index contributed by atoms with van der Waals surface area (Å²) < 4.78 is 0. The minimum absolute atomic E-state index is 0.648. The van der Waals surface area contributed by atoms with Gasteiger partial charge in [-0.15, -0.1) is 0 Å². The normalized spacial score (nSPS) is 28.6. The summed E-state index contributed by atoms with van der Waals surface area (Å²) in [6.45, 7) is 9.07. The average molecular weight is 212 g/mol. The van der Waals surface area contributed by atoms with Crippen molar-refractivity contribution < 1.29 is 0 Å². The van der Waals surface area contributed by atoms with Gasteiger partial charge >= 0.3 is 0 Å². The molecule has 2 N–H and O–H groups in total. The highest BCUT2D eigenvalue weighted by molar-refractivity contribution is 4.84. The van der Waals surface area contributed by atoms with Gasteiger partial charge in [0.25, 0.3) is 0 Å². The van der Waals surface area contributed by atoms with Gasteiger partial charge in [0.05, 0.1) is 0 Å². The van der Waals surface area contributed by atoms with Crippen molar-refractivity contribution in [2.24, 2.45) is 11.7 Å². The topological polar surface area (TPSA) is 29.3 Å². The molecule has 1 aliphatic rings. The van der Waals surface area contributed by atoms with Gasteiger partial charge in [-0.05, 0) is 25.7 Å². The number of hydrogen-bond donors (Lipinski definition) is 1. The second-order valence-electron chi connectivity index (χ2n) is 5.05. The molecule has 0 amide bonds. The van der Waals surface area contributed by atoms with E-state index in [1.807, 2.05) is 0 Å². The summed E-state index contributed by atoms with van der Waals surface area (Å²) in [5.74, 6) is 0.861. The van der Waals surface area contributed by atoms with Crippen LogP contribution in [0.15, 0.2) is 0 Å². The zero-order chi connectivity index (χ0) is 11.3. The summed E-state index contributed by atoms with van der Waals surface area (Å²) in [6, 6.07) is 1.39. The zero-order valence-electron chi connectivity index (χ0n) is 10.7. The van der Waals surface area contributed by atoms with E-state index in [1.165, 1.54) is 38.6 Å². The van der Waals surface area contributed by atoms with Gasteiger partial charge in [-0.25, -0.2) is 0 Å². The lowest BCUT2D eigenvalue weighted by Gasteiger charge is -2.42. The fraction of sp³-hybridized carbons (Fsp3) is 1.00. The van der Waals surface area contributed by atoms with E-state index >= 15 is 0 Å². The molecule has 2 heteroatoms. The van der Waals surface area contributed by atoms with Crippen molar-refractivity contribution in [3.63, 3.8) is 0 Å². The summed E-state index contributed by atoms with van der Waals surface area (Å²) in [4.78, 5) is 2.67. The third-order valence-corrected chi connectivity index (χ3v) is 4.09. The highest BCUT2D eigenvalue weighted by Crippen LogP contribution is 2.24. The lowest BCUT2D eigenvalue weighted by Crippen LogP contribution is -2.50. The summed E-state index contributed by atoms with van der Waals surface area (Å²) in [5, 5.41) is 0. The molecule has 0 spiro atoms. The van der Waals surface area contributed by atoms with Crippen molar-refractivity contribution in [1.29, 1.82) is 0 Å². The van der Waals surface area contributed by atoms with Crippen LogP contribution >= 0.6 is 0 Å². The van der Waals surface area contributed by atoms with Crippen molar-refractivity contribution in [2.45, 2.75) is 65.0 Å². The predicted molar refractivity (Wildman–Crippen MR) is 66.9 cm³/mol. The van der Waals surface area contributed by atoms with E-state index in [0.717, 1.165) is 18.5 Å². The van der Waals surface area contributed by atoms with Crippen LogP contribution in [0.3, 0.4) is 0 Å². The van der Waals surface area contributed by atoms with Gasteiger partial charge < -0.3 is 5.73 Å². The van der Waals surface area contributed by atoms with E-state index in [0.29, 0.717) is 6.04 Å². The lowest BCUT2D eigenvalue weighted by atomic mass is 9.93. The van der Waals surface area contributed by atoms with Crippen molar-refractivity contribution in [2.75, 3.05) is 13.1 Å². The maximum Gasteiger partial charge on any atom is 0.0221 e. The van der Waals surface area contributed by atoms with Gasteiger partial charge in [0.2, 0.25) is 0 Å². The van der Waals surface area contributed by atoms with Crippen LogP contribution in [0.2, 0.25) is 0 Å². The lowest BCUT2D eigenvalue weighted by molar-refractivity contribution is 0.0767. The largest absolute Gasteiger partial charge is 0.329 e. The van der Waals surface area contributed by atoms with Crippen molar-refractivity contribution in [3.05, 3.63) is 0 Å². The molecule has 0 saturated carbocycles. The molecule has 2 atom stereocenters. The molecule has 0 aromatic heterocycles. The summed E-state index contributed by atoms with van der Waals surface area (Å²) in [6.07, 6.45) is 6.63. The molecule has 90 valence electrons. The smallest absolute Gasteiger partial charge is 0.0221 e. The van der Waals surface area contributed by atoms with E-state index < -0.39 is 0 Å². The molecular formula is C13H28N2. The van der Waals surface area contributed by atoms with Crippen LogP contribution in [-0.2, 0) is 0 Å². The Morgan fingerprint density at radius 3 is 2.47 bits per heavy atom. The van der Waals surface area contributed by atoms with Gasteiger partial charge in [0.15, 0.2) is 0 Å². The van der Waals surface area contributed by atoms with Crippen LogP contribution in [0, 0.1) is 5.92 Å². The molecule has 1 fully saturated rings. The molecule has 1 rings (SSSR count). The van der Waals surface area contributed by atoms with Crippen LogP contribution in [0.4, 0.5) is 0 Å². The Morgan fingerprint density at radius 1 is 1.27 bits per heavy atom. The first-order chi connectivity index (χ1) is 7.22. The van der Waals surface area contributed by atoms with Gasteiger partial charge in [0.1, 0.15) is 0 Å². The Labute approximate surface area is 95.2 Å². The van der Waals surface area contributed by atoms with Crippen molar-refractivity contribution in [1.82, 2.24) is 4.90 Å². The molecule has 0 radical (unpaired) electrons. The molecule has 0 aliphatic carbocycles. The van der Waals surface area contributed by atoms with E-state index in [-0.39, 0.29) is 0 Å². The third-order valence-electron chi connectivity index (χ3n) is 4.09. The molecule has 0 aromatic carbocycles. The zero-order valence-corrected chi connectivity index (χ0v) is 10.7. The molecule has 15 heavy (non-hydrogen) atoms. The van der Waals surface area contributed by atoms with Gasteiger partial charge in [-0.3, -0.25) is 4.90 Å². The molecule has 2 nitrogen and oxygen atoms in total. The molecular weight excluding hydrogens is 184 g/mol. The van der Waals surface area contributed by atoms with E-state index in [2.05, 4.69) is 25.7 Å². The summed E-state index contributed by atoms with van der Waals surface area (Å²) in [7, 11) is 0. The molecule has 0 bridgehead atoms. The number of likely N-dealkylation sites (tertiary alicyclic amines) is 1. The summed E-state index contributed by atoms with van der Waals surface area (Å²) >= 11 is 0. The number of nitrogens with zero attached hydrogens (tertiary/aromatic N) is 1. The molecule has 2 unspecified atom stereocenters. The fourth-order valence-corrected chi connectivity index (χ4v) is 2.77. The first-order valence-corrected chi connectivity index (χ1v) is 6.68. The Balaban J connectivity index is 2.53. The van der Waals surface area contributed by atoms with Gasteiger partial charge in [-0.1, -0.05) is 33.1 Å². The Kier molecular flexibility index (Phi) is 5.62. The molecule has 1 heterocycles. The number of piperidine rings is 1. The number of nitrogens with two attached hydrogens (primary N) is 1. The maximum atomic E-state index is 5.87. The molecule has 0 aromatic rings. The standard InChI is InChI=1S/C13H28N2/c1-4-12(5-2)10-15-11(3)7-6-8-13(15)9-14/h11-13H,4-10,14H2,1-3H3. The Hall–Kier alpha value is -0.0800. The van der Waals surface area contributed by atoms with Gasteiger partial charge in [-0.2, -0.15) is 0 Å². The number of hydrogen-bond acceptors (Lipinski definition) is 2. The van der Waals surface area contributed by atoms with Crippen LogP contribution in [0.1, 0.15) is 52.9 Å². The Morgan fingerprint density at radius 2 is 1.93 bits per heavy atom.